The first-order valence-corrected chi connectivity index (χ1v) is 17.8. The predicted molar refractivity (Wildman–Crippen MR) is 217 cm³/mol. The lowest BCUT2D eigenvalue weighted by molar-refractivity contribution is 1.08. The lowest BCUT2D eigenvalue weighted by Crippen LogP contribution is -2.04. The minimum Gasteiger partial charge on any atom is -0.308 e. The standard InChI is InChI=1S/C48H28N4/c1-3-12-29(13-4-1)31-24-26-33-32(28-31)25-27-38-46(33)50-48(45(49-38)30-14-5-2-6-15-30)52-40-21-10-17-35-37-19-9-18-36-34-16-7-8-20-39(34)51(47(36)37)41-22-11-23-42(52)44(41)43(35)40/h1-28H. The van der Waals surface area contributed by atoms with Crippen LogP contribution in [0.3, 0.4) is 0 Å². The number of benzene rings is 8. The summed E-state index contributed by atoms with van der Waals surface area (Å²) in [4.78, 5) is 11.1. The molecule has 4 heterocycles. The summed E-state index contributed by atoms with van der Waals surface area (Å²) < 4.78 is 4.84. The molecule has 0 unspecified atom stereocenters. The zero-order valence-corrected chi connectivity index (χ0v) is 28.0. The first-order valence-electron chi connectivity index (χ1n) is 17.8. The smallest absolute Gasteiger partial charge is 0.165 e. The fraction of sp³-hybridized carbons (Fsp3) is 0. The van der Waals surface area contributed by atoms with E-state index >= 15 is 0 Å². The average molecular weight is 661 g/mol. The monoisotopic (exact) mass is 660 g/mol. The van der Waals surface area contributed by atoms with Gasteiger partial charge in [-0.3, -0.25) is 4.57 Å². The highest BCUT2D eigenvalue weighted by Gasteiger charge is 2.24. The molecule has 12 aromatic rings. The molecule has 0 atom stereocenters. The Balaban J connectivity index is 1.25. The number of para-hydroxylation sites is 2. The van der Waals surface area contributed by atoms with Crippen molar-refractivity contribution in [3.05, 3.63) is 170 Å². The van der Waals surface area contributed by atoms with Crippen molar-refractivity contribution in [1.29, 1.82) is 0 Å². The molecule has 0 saturated carbocycles. The Morgan fingerprint density at radius 3 is 1.87 bits per heavy atom. The summed E-state index contributed by atoms with van der Waals surface area (Å²) in [6, 6.07) is 61.0. The molecule has 8 aromatic carbocycles. The van der Waals surface area contributed by atoms with Crippen LogP contribution in [0.1, 0.15) is 0 Å². The average Bonchev–Trinajstić information content (AvgIpc) is 3.69. The van der Waals surface area contributed by atoms with E-state index in [9.17, 15) is 0 Å². The van der Waals surface area contributed by atoms with Gasteiger partial charge in [0, 0.05) is 37.9 Å². The molecule has 12 rings (SSSR count). The summed E-state index contributed by atoms with van der Waals surface area (Å²) in [5.41, 5.74) is 11.9. The van der Waals surface area contributed by atoms with Gasteiger partial charge in [0.15, 0.2) is 5.82 Å². The molecule has 0 radical (unpaired) electrons. The van der Waals surface area contributed by atoms with Gasteiger partial charge in [0.1, 0.15) is 5.69 Å². The number of aromatic nitrogens is 4. The number of hydrogen-bond donors (Lipinski definition) is 0. The molecular weight excluding hydrogens is 633 g/mol. The molecule has 0 saturated heterocycles. The Hall–Kier alpha value is -7.04. The number of nitrogens with zero attached hydrogens (tertiary/aromatic N) is 4. The minimum atomic E-state index is 0.823. The van der Waals surface area contributed by atoms with E-state index < -0.39 is 0 Å². The largest absolute Gasteiger partial charge is 0.308 e. The lowest BCUT2D eigenvalue weighted by atomic mass is 10.0. The second-order valence-corrected chi connectivity index (χ2v) is 13.8. The molecule has 4 heteroatoms. The quantitative estimate of drug-likeness (QED) is 0.177. The molecule has 240 valence electrons. The van der Waals surface area contributed by atoms with E-state index in [4.69, 9.17) is 9.97 Å². The second kappa shape index (κ2) is 10.3. The van der Waals surface area contributed by atoms with Crippen molar-refractivity contribution in [3.63, 3.8) is 0 Å². The molecule has 4 nitrogen and oxygen atoms in total. The minimum absolute atomic E-state index is 0.823. The summed E-state index contributed by atoms with van der Waals surface area (Å²) in [5.74, 6) is 0.823. The number of rotatable bonds is 3. The first-order chi connectivity index (χ1) is 25.8. The van der Waals surface area contributed by atoms with Crippen molar-refractivity contribution >= 4 is 81.7 Å². The maximum Gasteiger partial charge on any atom is 0.165 e. The molecule has 0 N–H and O–H groups in total. The predicted octanol–water partition coefficient (Wildman–Crippen LogP) is 12.4. The molecule has 52 heavy (non-hydrogen) atoms. The van der Waals surface area contributed by atoms with Crippen molar-refractivity contribution in [2.45, 2.75) is 0 Å². The van der Waals surface area contributed by atoms with Gasteiger partial charge < -0.3 is 4.40 Å². The van der Waals surface area contributed by atoms with Gasteiger partial charge in [-0.15, -0.1) is 0 Å². The summed E-state index contributed by atoms with van der Waals surface area (Å²) in [7, 11) is 0. The van der Waals surface area contributed by atoms with Gasteiger partial charge in [0.25, 0.3) is 0 Å². The van der Waals surface area contributed by atoms with Gasteiger partial charge in [-0.1, -0.05) is 133 Å². The molecule has 0 aliphatic rings. The fourth-order valence-corrected chi connectivity index (χ4v) is 8.81. The highest BCUT2D eigenvalue weighted by atomic mass is 15.1. The Morgan fingerprint density at radius 1 is 0.385 bits per heavy atom. The van der Waals surface area contributed by atoms with Gasteiger partial charge in [-0.05, 0) is 58.3 Å². The Bertz CT molecular complexity index is 3390. The van der Waals surface area contributed by atoms with E-state index in [1.807, 2.05) is 0 Å². The maximum absolute atomic E-state index is 5.64. The van der Waals surface area contributed by atoms with Crippen LogP contribution in [-0.4, -0.2) is 18.9 Å². The molecular formula is C48H28N4. The Morgan fingerprint density at radius 2 is 1.02 bits per heavy atom. The van der Waals surface area contributed by atoms with Crippen molar-refractivity contribution in [3.8, 4) is 28.2 Å². The van der Waals surface area contributed by atoms with Crippen molar-refractivity contribution < 1.29 is 0 Å². The Kier molecular flexibility index (Phi) is 5.47. The van der Waals surface area contributed by atoms with E-state index in [2.05, 4.69) is 179 Å². The Labute approximate surface area is 297 Å². The van der Waals surface area contributed by atoms with E-state index in [-0.39, 0.29) is 0 Å². The van der Waals surface area contributed by atoms with Crippen LogP contribution in [0.15, 0.2) is 170 Å². The third kappa shape index (κ3) is 3.65. The maximum atomic E-state index is 5.64. The fourth-order valence-electron chi connectivity index (χ4n) is 8.81. The van der Waals surface area contributed by atoms with Crippen LogP contribution in [0, 0.1) is 0 Å². The van der Waals surface area contributed by atoms with Crippen molar-refractivity contribution in [2.75, 3.05) is 0 Å². The zero-order chi connectivity index (χ0) is 33.9. The molecule has 0 aliphatic carbocycles. The summed E-state index contributed by atoms with van der Waals surface area (Å²) >= 11 is 0. The summed E-state index contributed by atoms with van der Waals surface area (Å²) in [5, 5.41) is 9.69. The van der Waals surface area contributed by atoms with Crippen molar-refractivity contribution in [1.82, 2.24) is 18.9 Å². The van der Waals surface area contributed by atoms with Crippen LogP contribution in [-0.2, 0) is 0 Å². The lowest BCUT2D eigenvalue weighted by Gasteiger charge is -2.15. The molecule has 0 fully saturated rings. The van der Waals surface area contributed by atoms with Crippen LogP contribution >= 0.6 is 0 Å². The van der Waals surface area contributed by atoms with E-state index in [0.29, 0.717) is 0 Å². The third-order valence-electron chi connectivity index (χ3n) is 11.0. The number of hydrogen-bond acceptors (Lipinski definition) is 2. The van der Waals surface area contributed by atoms with Crippen LogP contribution in [0.25, 0.3) is 110 Å². The normalized spacial score (nSPS) is 12.2. The van der Waals surface area contributed by atoms with Crippen LogP contribution in [0.5, 0.6) is 0 Å². The van der Waals surface area contributed by atoms with Gasteiger partial charge in [-0.25, -0.2) is 9.97 Å². The number of fused-ring (bicyclic) bond motifs is 8. The van der Waals surface area contributed by atoms with Crippen LogP contribution in [0.2, 0.25) is 0 Å². The zero-order valence-electron chi connectivity index (χ0n) is 28.0. The molecule has 4 aromatic heterocycles. The van der Waals surface area contributed by atoms with E-state index in [1.54, 1.807) is 0 Å². The molecule has 0 amide bonds. The van der Waals surface area contributed by atoms with E-state index in [0.717, 1.165) is 49.9 Å². The molecule has 0 bridgehead atoms. The van der Waals surface area contributed by atoms with Crippen molar-refractivity contribution in [2.24, 2.45) is 0 Å². The SMILES string of the molecule is c1ccc(-c2ccc3c(ccc4nc(-c5ccccc5)c(-n5c6cccc7c8cccc9c%10ccccc%10n(c%10cccc5c%10c76)c89)nc43)c2)cc1. The third-order valence-corrected chi connectivity index (χ3v) is 11.0. The topological polar surface area (TPSA) is 35.1 Å². The van der Waals surface area contributed by atoms with Crippen LogP contribution in [0.4, 0.5) is 0 Å². The van der Waals surface area contributed by atoms with Gasteiger partial charge >= 0.3 is 0 Å². The molecule has 0 spiro atoms. The summed E-state index contributed by atoms with van der Waals surface area (Å²) in [6.07, 6.45) is 0. The summed E-state index contributed by atoms with van der Waals surface area (Å²) in [6.45, 7) is 0. The van der Waals surface area contributed by atoms with Crippen LogP contribution < -0.4 is 0 Å². The first kappa shape index (κ1) is 27.7. The highest BCUT2D eigenvalue weighted by molar-refractivity contribution is 6.31. The van der Waals surface area contributed by atoms with Gasteiger partial charge in [-0.2, -0.15) is 0 Å². The molecule has 0 aliphatic heterocycles. The van der Waals surface area contributed by atoms with Gasteiger partial charge in [0.05, 0.1) is 38.6 Å². The second-order valence-electron chi connectivity index (χ2n) is 13.8. The highest BCUT2D eigenvalue weighted by Crippen LogP contribution is 2.45. The van der Waals surface area contributed by atoms with Gasteiger partial charge in [0.2, 0.25) is 0 Å². The van der Waals surface area contributed by atoms with E-state index in [1.165, 1.54) is 60.0 Å².